The molecule has 156 valence electrons. The van der Waals surface area contributed by atoms with Crippen LogP contribution < -0.4 is 10.6 Å². The molecule has 3 rings (SSSR count). The molecule has 1 fully saturated rings. The number of carbonyl (C=O) groups excluding carboxylic acids is 1. The highest BCUT2D eigenvalue weighted by Crippen LogP contribution is 2.13. The molecule has 2 heterocycles. The lowest BCUT2D eigenvalue weighted by molar-refractivity contribution is -0.133. The van der Waals surface area contributed by atoms with E-state index in [4.69, 9.17) is 4.99 Å². The molecule has 0 radical (unpaired) electrons. The van der Waals surface area contributed by atoms with E-state index in [1.54, 1.807) is 17.3 Å². The number of nitrogens with zero attached hydrogens (tertiary/aromatic N) is 5. The van der Waals surface area contributed by atoms with Crippen LogP contribution in [-0.4, -0.2) is 57.2 Å². The summed E-state index contributed by atoms with van der Waals surface area (Å²) in [5.74, 6) is 1.05. The van der Waals surface area contributed by atoms with E-state index in [0.29, 0.717) is 13.1 Å². The average Bonchev–Trinajstić information content (AvgIpc) is 3.38. The second kappa shape index (κ2) is 10.0. The highest BCUT2D eigenvalue weighted by Gasteiger charge is 2.27. The molecule has 0 aliphatic carbocycles. The highest BCUT2D eigenvalue weighted by molar-refractivity contribution is 5.81. The van der Waals surface area contributed by atoms with Gasteiger partial charge in [-0.3, -0.25) is 4.79 Å². The maximum atomic E-state index is 12.2. The summed E-state index contributed by atoms with van der Waals surface area (Å²) in [6, 6.07) is 8.58. The van der Waals surface area contributed by atoms with Gasteiger partial charge in [0.25, 0.3) is 0 Å². The van der Waals surface area contributed by atoms with Gasteiger partial charge in [0.2, 0.25) is 5.91 Å². The number of nitrogens with one attached hydrogen (secondary N) is 2. The first-order valence-electron chi connectivity index (χ1n) is 10.3. The Morgan fingerprint density at radius 1 is 1.34 bits per heavy atom. The molecule has 2 N–H and O–H groups in total. The summed E-state index contributed by atoms with van der Waals surface area (Å²) in [6.45, 7) is 9.56. The Labute approximate surface area is 172 Å². The standard InChI is InChI=1S/C21H31N7O/c1-4-23-21(26-19-8-9-27(13-19)20(29)16(2)3)24-11-17-6-5-7-18(10-17)12-28-15-22-14-25-28/h5-7,10,14-16,19H,4,8-9,11-13H2,1-3H3,(H2,23,24,26). The van der Waals surface area contributed by atoms with Gasteiger partial charge in [0.15, 0.2) is 5.96 Å². The zero-order valence-corrected chi connectivity index (χ0v) is 17.5. The molecule has 1 aliphatic rings. The van der Waals surface area contributed by atoms with E-state index in [-0.39, 0.29) is 17.9 Å². The summed E-state index contributed by atoms with van der Waals surface area (Å²) >= 11 is 0. The van der Waals surface area contributed by atoms with E-state index in [2.05, 4.69) is 45.8 Å². The van der Waals surface area contributed by atoms with E-state index < -0.39 is 0 Å². The smallest absolute Gasteiger partial charge is 0.225 e. The van der Waals surface area contributed by atoms with Crippen LogP contribution in [0, 0.1) is 5.92 Å². The summed E-state index contributed by atoms with van der Waals surface area (Å²) in [4.78, 5) is 22.9. The van der Waals surface area contributed by atoms with E-state index in [1.807, 2.05) is 24.8 Å². The van der Waals surface area contributed by atoms with E-state index in [0.717, 1.165) is 37.6 Å². The van der Waals surface area contributed by atoms with Gasteiger partial charge in [0, 0.05) is 31.6 Å². The maximum absolute atomic E-state index is 12.2. The molecule has 0 saturated carbocycles. The Balaban J connectivity index is 1.59. The van der Waals surface area contributed by atoms with Crippen molar-refractivity contribution in [3.63, 3.8) is 0 Å². The van der Waals surface area contributed by atoms with Crippen molar-refractivity contribution < 1.29 is 4.79 Å². The van der Waals surface area contributed by atoms with Crippen molar-refractivity contribution in [2.75, 3.05) is 19.6 Å². The zero-order valence-electron chi connectivity index (χ0n) is 17.5. The van der Waals surface area contributed by atoms with E-state index in [1.165, 1.54) is 5.56 Å². The van der Waals surface area contributed by atoms with Crippen LogP contribution in [0.5, 0.6) is 0 Å². The minimum Gasteiger partial charge on any atom is -0.357 e. The fraction of sp³-hybridized carbons (Fsp3) is 0.524. The van der Waals surface area contributed by atoms with Crippen LogP contribution in [0.2, 0.25) is 0 Å². The SMILES string of the molecule is CCNC(=NCc1cccc(Cn2cncn2)c1)NC1CCN(C(=O)C(C)C)C1. The predicted molar refractivity (Wildman–Crippen MR) is 113 cm³/mol. The average molecular weight is 398 g/mol. The van der Waals surface area contributed by atoms with Gasteiger partial charge in [0.1, 0.15) is 12.7 Å². The van der Waals surface area contributed by atoms with Crippen LogP contribution in [0.25, 0.3) is 0 Å². The summed E-state index contributed by atoms with van der Waals surface area (Å²) in [5.41, 5.74) is 2.31. The first-order chi connectivity index (χ1) is 14.0. The van der Waals surface area contributed by atoms with Gasteiger partial charge in [-0.05, 0) is 24.5 Å². The summed E-state index contributed by atoms with van der Waals surface area (Å²) < 4.78 is 1.80. The Kier molecular flexibility index (Phi) is 7.21. The van der Waals surface area contributed by atoms with Gasteiger partial charge in [-0.1, -0.05) is 38.1 Å². The minimum atomic E-state index is 0.0421. The lowest BCUT2D eigenvalue weighted by atomic mass is 10.1. The maximum Gasteiger partial charge on any atom is 0.225 e. The van der Waals surface area contributed by atoms with Crippen molar-refractivity contribution in [1.82, 2.24) is 30.3 Å². The third-order valence-corrected chi connectivity index (χ3v) is 4.90. The number of hydrogen-bond donors (Lipinski definition) is 2. The van der Waals surface area contributed by atoms with Crippen molar-refractivity contribution in [3.05, 3.63) is 48.0 Å². The molecule has 8 heteroatoms. The first kappa shape index (κ1) is 20.8. The second-order valence-corrected chi connectivity index (χ2v) is 7.68. The Morgan fingerprint density at radius 2 is 2.17 bits per heavy atom. The number of aromatic nitrogens is 3. The molecular weight excluding hydrogens is 366 g/mol. The van der Waals surface area contributed by atoms with Crippen molar-refractivity contribution in [1.29, 1.82) is 0 Å². The van der Waals surface area contributed by atoms with Gasteiger partial charge in [0.05, 0.1) is 13.1 Å². The summed E-state index contributed by atoms with van der Waals surface area (Å²) in [6.07, 6.45) is 4.20. The predicted octanol–water partition coefficient (Wildman–Crippen LogP) is 1.64. The quantitative estimate of drug-likeness (QED) is 0.548. The normalized spacial score (nSPS) is 17.0. The zero-order chi connectivity index (χ0) is 20.6. The van der Waals surface area contributed by atoms with E-state index in [9.17, 15) is 4.79 Å². The van der Waals surface area contributed by atoms with Gasteiger partial charge >= 0.3 is 0 Å². The number of carbonyl (C=O) groups is 1. The molecule has 1 atom stereocenters. The van der Waals surface area contributed by atoms with Crippen LogP contribution in [0.3, 0.4) is 0 Å². The molecule has 8 nitrogen and oxygen atoms in total. The van der Waals surface area contributed by atoms with Crippen LogP contribution >= 0.6 is 0 Å². The molecular formula is C21H31N7O. The summed E-state index contributed by atoms with van der Waals surface area (Å²) in [5, 5.41) is 11.0. The van der Waals surface area contributed by atoms with Crippen molar-refractivity contribution in [2.24, 2.45) is 10.9 Å². The minimum absolute atomic E-state index is 0.0421. The number of hydrogen-bond acceptors (Lipinski definition) is 4. The first-order valence-corrected chi connectivity index (χ1v) is 10.3. The Bertz CT molecular complexity index is 816. The molecule has 1 saturated heterocycles. The molecule has 1 unspecified atom stereocenters. The molecule has 1 aliphatic heterocycles. The molecule has 0 bridgehead atoms. The third kappa shape index (κ3) is 6.04. The number of likely N-dealkylation sites (tertiary alicyclic amines) is 1. The van der Waals surface area contributed by atoms with Crippen LogP contribution in [0.4, 0.5) is 0 Å². The van der Waals surface area contributed by atoms with Gasteiger partial charge in [-0.2, -0.15) is 5.10 Å². The lowest BCUT2D eigenvalue weighted by Gasteiger charge is -2.20. The largest absolute Gasteiger partial charge is 0.357 e. The number of aliphatic imine (C=N–C) groups is 1. The highest BCUT2D eigenvalue weighted by atomic mass is 16.2. The van der Waals surface area contributed by atoms with Crippen molar-refractivity contribution in [3.8, 4) is 0 Å². The molecule has 0 spiro atoms. The van der Waals surface area contributed by atoms with Gasteiger partial charge < -0.3 is 15.5 Å². The van der Waals surface area contributed by atoms with Gasteiger partial charge in [-0.15, -0.1) is 0 Å². The molecule has 1 aromatic carbocycles. The number of amides is 1. The third-order valence-electron chi connectivity index (χ3n) is 4.90. The summed E-state index contributed by atoms with van der Waals surface area (Å²) in [7, 11) is 0. The van der Waals surface area contributed by atoms with Crippen LogP contribution in [0.1, 0.15) is 38.3 Å². The fourth-order valence-corrected chi connectivity index (χ4v) is 3.45. The van der Waals surface area contributed by atoms with Crippen LogP contribution in [0.15, 0.2) is 41.9 Å². The number of guanidine groups is 1. The second-order valence-electron chi connectivity index (χ2n) is 7.68. The van der Waals surface area contributed by atoms with Crippen LogP contribution in [-0.2, 0) is 17.9 Å². The van der Waals surface area contributed by atoms with Crippen molar-refractivity contribution >= 4 is 11.9 Å². The Hall–Kier alpha value is -2.90. The Morgan fingerprint density at radius 3 is 2.90 bits per heavy atom. The monoisotopic (exact) mass is 397 g/mol. The molecule has 29 heavy (non-hydrogen) atoms. The lowest BCUT2D eigenvalue weighted by Crippen LogP contribution is -2.45. The topological polar surface area (TPSA) is 87.4 Å². The number of rotatable bonds is 7. The molecule has 2 aromatic rings. The van der Waals surface area contributed by atoms with Crippen molar-refractivity contribution in [2.45, 2.75) is 46.3 Å². The van der Waals surface area contributed by atoms with E-state index >= 15 is 0 Å². The molecule has 1 amide bonds. The fourth-order valence-electron chi connectivity index (χ4n) is 3.45. The van der Waals surface area contributed by atoms with Gasteiger partial charge in [-0.25, -0.2) is 14.7 Å². The molecule has 1 aromatic heterocycles. The number of benzene rings is 1.